The fourth-order valence-electron chi connectivity index (χ4n) is 1.46. The van der Waals surface area contributed by atoms with Crippen LogP contribution in [0.3, 0.4) is 0 Å². The van der Waals surface area contributed by atoms with E-state index in [1.165, 1.54) is 20.3 Å². The van der Waals surface area contributed by atoms with Gasteiger partial charge < -0.3 is 19.5 Å². The predicted molar refractivity (Wildman–Crippen MR) is 69.5 cm³/mol. The SMILES string of the molecule is CCOC(=O)c1ccc(OC)c(NC(=O)COC)c1. The van der Waals surface area contributed by atoms with Crippen molar-refractivity contribution in [3.8, 4) is 5.75 Å². The number of nitrogens with one attached hydrogen (secondary N) is 1. The van der Waals surface area contributed by atoms with E-state index in [-0.39, 0.29) is 19.1 Å². The van der Waals surface area contributed by atoms with E-state index in [2.05, 4.69) is 5.32 Å². The van der Waals surface area contributed by atoms with Gasteiger partial charge in [-0.15, -0.1) is 0 Å². The molecule has 19 heavy (non-hydrogen) atoms. The number of hydrogen-bond acceptors (Lipinski definition) is 5. The van der Waals surface area contributed by atoms with Gasteiger partial charge in [-0.05, 0) is 25.1 Å². The molecule has 0 heterocycles. The molecule has 104 valence electrons. The van der Waals surface area contributed by atoms with Gasteiger partial charge in [-0.3, -0.25) is 4.79 Å². The standard InChI is InChI=1S/C13H17NO5/c1-4-19-13(16)9-5-6-11(18-3)10(7-9)14-12(15)8-17-2/h5-7H,4,8H2,1-3H3,(H,14,15). The lowest BCUT2D eigenvalue weighted by Gasteiger charge is -2.11. The van der Waals surface area contributed by atoms with Crippen LogP contribution in [0.4, 0.5) is 5.69 Å². The van der Waals surface area contributed by atoms with Crippen molar-refractivity contribution in [3.63, 3.8) is 0 Å². The first kappa shape index (κ1) is 15.0. The fraction of sp³-hybridized carbons (Fsp3) is 0.385. The molecule has 1 N–H and O–H groups in total. The summed E-state index contributed by atoms with van der Waals surface area (Å²) in [5, 5.41) is 2.60. The Hall–Kier alpha value is -2.08. The summed E-state index contributed by atoms with van der Waals surface area (Å²) in [5.41, 5.74) is 0.741. The van der Waals surface area contributed by atoms with Crippen molar-refractivity contribution >= 4 is 17.6 Å². The molecular weight excluding hydrogens is 250 g/mol. The van der Waals surface area contributed by atoms with Crippen molar-refractivity contribution in [2.75, 3.05) is 32.8 Å². The Balaban J connectivity index is 2.95. The molecule has 1 aromatic carbocycles. The monoisotopic (exact) mass is 267 g/mol. The van der Waals surface area contributed by atoms with Crippen molar-refractivity contribution in [2.24, 2.45) is 0 Å². The number of carbonyl (C=O) groups is 2. The summed E-state index contributed by atoms with van der Waals surface area (Å²) in [5.74, 6) is -0.327. The summed E-state index contributed by atoms with van der Waals surface area (Å²) < 4.78 is 14.7. The van der Waals surface area contributed by atoms with Crippen molar-refractivity contribution in [1.82, 2.24) is 0 Å². The Kier molecular flexibility index (Phi) is 5.81. The van der Waals surface area contributed by atoms with E-state index in [4.69, 9.17) is 14.2 Å². The highest BCUT2D eigenvalue weighted by molar-refractivity contribution is 5.96. The fourth-order valence-corrected chi connectivity index (χ4v) is 1.46. The molecule has 0 aliphatic carbocycles. The average molecular weight is 267 g/mol. The molecule has 1 amide bonds. The molecule has 0 saturated carbocycles. The number of ether oxygens (including phenoxy) is 3. The molecule has 1 aromatic rings. The van der Waals surface area contributed by atoms with E-state index in [9.17, 15) is 9.59 Å². The summed E-state index contributed by atoms with van der Waals surface area (Å²) in [6, 6.07) is 4.67. The second-order valence-corrected chi connectivity index (χ2v) is 3.62. The molecule has 0 bridgehead atoms. The van der Waals surface area contributed by atoms with Gasteiger partial charge in [0.05, 0.1) is 25.0 Å². The quantitative estimate of drug-likeness (QED) is 0.790. The molecule has 0 spiro atoms. The van der Waals surface area contributed by atoms with Crippen LogP contribution >= 0.6 is 0 Å². The van der Waals surface area contributed by atoms with E-state index in [1.807, 2.05) is 0 Å². The molecule has 0 aliphatic rings. The molecule has 0 unspecified atom stereocenters. The van der Waals surface area contributed by atoms with Crippen LogP contribution < -0.4 is 10.1 Å². The molecule has 0 saturated heterocycles. The Morgan fingerprint density at radius 3 is 2.58 bits per heavy atom. The van der Waals surface area contributed by atoms with Crippen molar-refractivity contribution < 1.29 is 23.8 Å². The molecule has 6 nitrogen and oxygen atoms in total. The van der Waals surface area contributed by atoms with Gasteiger partial charge in [0.1, 0.15) is 12.4 Å². The summed E-state index contributed by atoms with van der Waals surface area (Å²) >= 11 is 0. The predicted octanol–water partition coefficient (Wildman–Crippen LogP) is 1.46. The number of anilines is 1. The number of rotatable bonds is 6. The van der Waals surface area contributed by atoms with Crippen LogP contribution in [0.15, 0.2) is 18.2 Å². The third-order valence-electron chi connectivity index (χ3n) is 2.26. The number of methoxy groups -OCH3 is 2. The van der Waals surface area contributed by atoms with E-state index in [1.54, 1.807) is 19.1 Å². The molecule has 0 radical (unpaired) electrons. The van der Waals surface area contributed by atoms with Gasteiger partial charge in [-0.2, -0.15) is 0 Å². The zero-order valence-electron chi connectivity index (χ0n) is 11.2. The zero-order chi connectivity index (χ0) is 14.3. The smallest absolute Gasteiger partial charge is 0.338 e. The largest absolute Gasteiger partial charge is 0.495 e. The lowest BCUT2D eigenvalue weighted by Crippen LogP contribution is -2.18. The number of amides is 1. The minimum absolute atomic E-state index is 0.0766. The average Bonchev–Trinajstić information content (AvgIpc) is 2.39. The molecule has 0 aromatic heterocycles. The molecule has 1 rings (SSSR count). The summed E-state index contributed by atoms with van der Waals surface area (Å²) in [4.78, 5) is 23.1. The maximum atomic E-state index is 11.6. The van der Waals surface area contributed by atoms with Crippen LogP contribution in [0.2, 0.25) is 0 Å². The Bertz CT molecular complexity index is 458. The first-order valence-corrected chi connectivity index (χ1v) is 5.76. The minimum Gasteiger partial charge on any atom is -0.495 e. The highest BCUT2D eigenvalue weighted by Gasteiger charge is 2.12. The summed E-state index contributed by atoms with van der Waals surface area (Å²) in [7, 11) is 2.90. The highest BCUT2D eigenvalue weighted by atomic mass is 16.5. The van der Waals surface area contributed by atoms with E-state index >= 15 is 0 Å². The molecule has 0 atom stereocenters. The van der Waals surface area contributed by atoms with Crippen LogP contribution in [0.25, 0.3) is 0 Å². The van der Waals surface area contributed by atoms with Crippen LogP contribution in [0.1, 0.15) is 17.3 Å². The lowest BCUT2D eigenvalue weighted by molar-refractivity contribution is -0.119. The van der Waals surface area contributed by atoms with Crippen molar-refractivity contribution in [3.05, 3.63) is 23.8 Å². The minimum atomic E-state index is -0.451. The second kappa shape index (κ2) is 7.38. The van der Waals surface area contributed by atoms with Crippen LogP contribution in [-0.2, 0) is 14.3 Å². The lowest BCUT2D eigenvalue weighted by atomic mass is 10.2. The molecule has 0 fully saturated rings. The number of carbonyl (C=O) groups excluding carboxylic acids is 2. The third kappa shape index (κ3) is 4.26. The van der Waals surface area contributed by atoms with E-state index < -0.39 is 5.97 Å². The van der Waals surface area contributed by atoms with Gasteiger partial charge in [0.25, 0.3) is 0 Å². The molecular formula is C13H17NO5. The number of esters is 1. The maximum Gasteiger partial charge on any atom is 0.338 e. The van der Waals surface area contributed by atoms with Crippen molar-refractivity contribution in [1.29, 1.82) is 0 Å². The first-order valence-electron chi connectivity index (χ1n) is 5.76. The topological polar surface area (TPSA) is 73.9 Å². The maximum absolute atomic E-state index is 11.6. The summed E-state index contributed by atoms with van der Waals surface area (Å²) in [6.07, 6.45) is 0. The Labute approximate surface area is 111 Å². The highest BCUT2D eigenvalue weighted by Crippen LogP contribution is 2.25. The van der Waals surface area contributed by atoms with Gasteiger partial charge in [0.2, 0.25) is 5.91 Å². The third-order valence-corrected chi connectivity index (χ3v) is 2.26. The summed E-state index contributed by atoms with van der Waals surface area (Å²) in [6.45, 7) is 1.94. The van der Waals surface area contributed by atoms with Crippen LogP contribution in [0.5, 0.6) is 5.75 Å². The van der Waals surface area contributed by atoms with Gasteiger partial charge in [-0.1, -0.05) is 0 Å². The first-order chi connectivity index (χ1) is 9.12. The van der Waals surface area contributed by atoms with Crippen molar-refractivity contribution in [2.45, 2.75) is 6.92 Å². The normalized spacial score (nSPS) is 9.84. The van der Waals surface area contributed by atoms with Gasteiger partial charge in [-0.25, -0.2) is 4.79 Å². The van der Waals surface area contributed by atoms with E-state index in [0.717, 1.165) is 0 Å². The van der Waals surface area contributed by atoms with Gasteiger partial charge >= 0.3 is 5.97 Å². The second-order valence-electron chi connectivity index (χ2n) is 3.62. The van der Waals surface area contributed by atoms with Crippen LogP contribution in [-0.4, -0.2) is 39.3 Å². The molecule has 6 heteroatoms. The van der Waals surface area contributed by atoms with Gasteiger partial charge in [0, 0.05) is 7.11 Å². The molecule has 0 aliphatic heterocycles. The van der Waals surface area contributed by atoms with Gasteiger partial charge in [0.15, 0.2) is 0 Å². The van der Waals surface area contributed by atoms with E-state index in [0.29, 0.717) is 17.0 Å². The Morgan fingerprint density at radius 2 is 2.00 bits per heavy atom. The number of hydrogen-bond donors (Lipinski definition) is 1. The number of benzene rings is 1. The zero-order valence-corrected chi connectivity index (χ0v) is 11.2. The Morgan fingerprint density at radius 1 is 1.26 bits per heavy atom. The van der Waals surface area contributed by atoms with Crippen LogP contribution in [0, 0.1) is 0 Å².